The highest BCUT2D eigenvalue weighted by Crippen LogP contribution is 2.23. The summed E-state index contributed by atoms with van der Waals surface area (Å²) < 4.78 is 17.6. The van der Waals surface area contributed by atoms with Gasteiger partial charge in [0.25, 0.3) is 5.91 Å². The van der Waals surface area contributed by atoms with Crippen LogP contribution in [-0.4, -0.2) is 47.4 Å². The van der Waals surface area contributed by atoms with Gasteiger partial charge < -0.3 is 24.5 Å². The van der Waals surface area contributed by atoms with Crippen molar-refractivity contribution in [1.82, 2.24) is 9.58 Å². The maximum absolute atomic E-state index is 12.9. The first-order chi connectivity index (χ1) is 13.5. The Morgan fingerprint density at radius 2 is 2.04 bits per heavy atom. The van der Waals surface area contributed by atoms with Crippen LogP contribution in [0.25, 0.3) is 0 Å². The molecule has 1 amide bonds. The van der Waals surface area contributed by atoms with E-state index in [1.165, 1.54) is 23.9 Å². The maximum atomic E-state index is 12.9. The van der Waals surface area contributed by atoms with Gasteiger partial charge in [0.1, 0.15) is 18.5 Å². The molecule has 1 atom stereocenters. The SMILES string of the molecule is CC(=O)Oc1ccc(COc2c3n(ccc2=O)N[C@@H]2COCCN2C3=O)cc1. The van der Waals surface area contributed by atoms with Crippen LogP contribution < -0.4 is 20.3 Å². The number of nitrogens with zero attached hydrogens (tertiary/aromatic N) is 2. The molecule has 0 aliphatic carbocycles. The van der Waals surface area contributed by atoms with Crippen molar-refractivity contribution in [3.63, 3.8) is 0 Å². The van der Waals surface area contributed by atoms with Crippen LogP contribution in [0.2, 0.25) is 0 Å². The molecular formula is C19H19N3O6. The second-order valence-corrected chi connectivity index (χ2v) is 6.47. The van der Waals surface area contributed by atoms with Gasteiger partial charge in [0.05, 0.1) is 13.2 Å². The lowest BCUT2D eigenvalue weighted by molar-refractivity contribution is -0.131. The normalized spacial score (nSPS) is 18.0. The Morgan fingerprint density at radius 1 is 1.25 bits per heavy atom. The lowest BCUT2D eigenvalue weighted by Gasteiger charge is -2.41. The van der Waals surface area contributed by atoms with E-state index in [2.05, 4.69) is 5.43 Å². The number of aromatic nitrogens is 1. The number of hydrogen-bond donors (Lipinski definition) is 1. The van der Waals surface area contributed by atoms with Crippen LogP contribution in [-0.2, 0) is 16.1 Å². The molecule has 2 aliphatic heterocycles. The predicted octanol–water partition coefficient (Wildman–Crippen LogP) is 0.708. The fraction of sp³-hybridized carbons (Fsp3) is 0.316. The molecule has 1 aromatic heterocycles. The highest BCUT2D eigenvalue weighted by atomic mass is 16.5. The molecule has 2 aliphatic rings. The van der Waals surface area contributed by atoms with Crippen LogP contribution in [0.15, 0.2) is 41.3 Å². The molecule has 146 valence electrons. The van der Waals surface area contributed by atoms with E-state index >= 15 is 0 Å². The van der Waals surface area contributed by atoms with Crippen molar-refractivity contribution in [3.8, 4) is 11.5 Å². The van der Waals surface area contributed by atoms with Gasteiger partial charge in [0.2, 0.25) is 5.43 Å². The van der Waals surface area contributed by atoms with Gasteiger partial charge in [-0.3, -0.25) is 19.1 Å². The Bertz CT molecular complexity index is 969. The fourth-order valence-corrected chi connectivity index (χ4v) is 3.19. The van der Waals surface area contributed by atoms with Crippen LogP contribution in [0.4, 0.5) is 0 Å². The van der Waals surface area contributed by atoms with Gasteiger partial charge in [-0.2, -0.15) is 0 Å². The van der Waals surface area contributed by atoms with Gasteiger partial charge in [0.15, 0.2) is 11.4 Å². The largest absolute Gasteiger partial charge is 0.482 e. The maximum Gasteiger partial charge on any atom is 0.308 e. The predicted molar refractivity (Wildman–Crippen MR) is 97.8 cm³/mol. The molecule has 9 heteroatoms. The summed E-state index contributed by atoms with van der Waals surface area (Å²) in [6.07, 6.45) is 1.24. The van der Waals surface area contributed by atoms with Gasteiger partial charge in [-0.1, -0.05) is 12.1 Å². The number of pyridine rings is 1. The zero-order valence-corrected chi connectivity index (χ0v) is 15.2. The molecule has 0 bridgehead atoms. The van der Waals surface area contributed by atoms with Crippen LogP contribution in [0.5, 0.6) is 11.5 Å². The number of rotatable bonds is 4. The van der Waals surface area contributed by atoms with Gasteiger partial charge >= 0.3 is 5.97 Å². The van der Waals surface area contributed by atoms with Crippen molar-refractivity contribution in [2.24, 2.45) is 0 Å². The average molecular weight is 385 g/mol. The molecule has 0 spiro atoms. The van der Waals surface area contributed by atoms with Crippen LogP contribution in [0.1, 0.15) is 23.0 Å². The van der Waals surface area contributed by atoms with Crippen molar-refractivity contribution in [1.29, 1.82) is 0 Å². The Morgan fingerprint density at radius 3 is 2.79 bits per heavy atom. The number of carbonyl (C=O) groups excluding carboxylic acids is 2. The molecule has 3 heterocycles. The first-order valence-corrected chi connectivity index (χ1v) is 8.84. The monoisotopic (exact) mass is 385 g/mol. The van der Waals surface area contributed by atoms with E-state index < -0.39 is 5.97 Å². The molecule has 0 unspecified atom stereocenters. The third-order valence-electron chi connectivity index (χ3n) is 4.50. The van der Waals surface area contributed by atoms with Crippen LogP contribution in [0, 0.1) is 0 Å². The molecule has 9 nitrogen and oxygen atoms in total. The first-order valence-electron chi connectivity index (χ1n) is 8.84. The van der Waals surface area contributed by atoms with Crippen LogP contribution in [0.3, 0.4) is 0 Å². The Kier molecular flexibility index (Phi) is 4.74. The molecule has 1 N–H and O–H groups in total. The molecule has 28 heavy (non-hydrogen) atoms. The summed E-state index contributed by atoms with van der Waals surface area (Å²) in [4.78, 5) is 37.9. The lowest BCUT2D eigenvalue weighted by atomic mass is 10.2. The minimum absolute atomic E-state index is 0.00555. The van der Waals surface area contributed by atoms with E-state index in [4.69, 9.17) is 14.2 Å². The standard InChI is InChI=1S/C19H19N3O6/c1-12(23)28-14-4-2-13(3-5-14)10-27-18-15(24)6-7-22-17(18)19(25)21-8-9-26-11-16(21)20-22/h2-7,16,20H,8-11H2,1H3/t16-/m0/s1. The fourth-order valence-electron chi connectivity index (χ4n) is 3.19. The molecule has 1 saturated heterocycles. The second-order valence-electron chi connectivity index (χ2n) is 6.47. The number of benzene rings is 1. The minimum Gasteiger partial charge on any atom is -0.482 e. The van der Waals surface area contributed by atoms with Gasteiger partial charge in [-0.25, -0.2) is 0 Å². The van der Waals surface area contributed by atoms with Crippen molar-refractivity contribution in [2.75, 3.05) is 25.2 Å². The quantitative estimate of drug-likeness (QED) is 0.611. The lowest BCUT2D eigenvalue weighted by Crippen LogP contribution is -2.59. The molecule has 2 aromatic rings. The van der Waals surface area contributed by atoms with Crippen LogP contribution >= 0.6 is 0 Å². The summed E-state index contributed by atoms with van der Waals surface area (Å²) in [5.41, 5.74) is 3.71. The summed E-state index contributed by atoms with van der Waals surface area (Å²) in [7, 11) is 0. The number of morpholine rings is 1. The van der Waals surface area contributed by atoms with Crippen molar-refractivity contribution < 1.29 is 23.8 Å². The Balaban J connectivity index is 1.56. The zero-order valence-electron chi connectivity index (χ0n) is 15.2. The van der Waals surface area contributed by atoms with Gasteiger partial charge in [-0.15, -0.1) is 0 Å². The second kappa shape index (κ2) is 7.35. The molecular weight excluding hydrogens is 366 g/mol. The van der Waals surface area contributed by atoms with Crippen molar-refractivity contribution in [2.45, 2.75) is 19.7 Å². The highest BCUT2D eigenvalue weighted by Gasteiger charge is 2.36. The average Bonchev–Trinajstić information content (AvgIpc) is 2.68. The number of nitrogens with one attached hydrogen (secondary N) is 1. The number of carbonyl (C=O) groups is 2. The van der Waals surface area contributed by atoms with Crippen molar-refractivity contribution in [3.05, 3.63) is 58.0 Å². The molecule has 0 radical (unpaired) electrons. The number of amides is 1. The topological polar surface area (TPSA) is 99.1 Å². The van der Waals surface area contributed by atoms with Gasteiger partial charge in [0, 0.05) is 25.7 Å². The summed E-state index contributed by atoms with van der Waals surface area (Å²) in [5, 5.41) is 0. The third kappa shape index (κ3) is 3.44. The van der Waals surface area contributed by atoms with E-state index in [9.17, 15) is 14.4 Å². The van der Waals surface area contributed by atoms with E-state index in [-0.39, 0.29) is 35.6 Å². The Labute approximate surface area is 160 Å². The Hall–Kier alpha value is -3.33. The molecule has 1 fully saturated rings. The smallest absolute Gasteiger partial charge is 0.308 e. The molecule has 0 saturated carbocycles. The summed E-state index contributed by atoms with van der Waals surface area (Å²) in [6, 6.07) is 8.08. The van der Waals surface area contributed by atoms with E-state index in [1.807, 2.05) is 0 Å². The third-order valence-corrected chi connectivity index (χ3v) is 4.50. The van der Waals surface area contributed by atoms with E-state index in [0.717, 1.165) is 5.56 Å². The first kappa shape index (κ1) is 18.1. The number of fused-ring (bicyclic) bond motifs is 2. The van der Waals surface area contributed by atoms with E-state index in [0.29, 0.717) is 25.5 Å². The molecule has 4 rings (SSSR count). The summed E-state index contributed by atoms with van der Waals surface area (Å²) >= 11 is 0. The summed E-state index contributed by atoms with van der Waals surface area (Å²) in [6.45, 7) is 2.68. The minimum atomic E-state index is -0.402. The zero-order chi connectivity index (χ0) is 19.7. The number of hydrogen-bond acceptors (Lipinski definition) is 7. The van der Waals surface area contributed by atoms with Crippen molar-refractivity contribution >= 4 is 11.9 Å². The summed E-state index contributed by atoms with van der Waals surface area (Å²) in [5.74, 6) is -0.259. The number of esters is 1. The van der Waals surface area contributed by atoms with Gasteiger partial charge in [-0.05, 0) is 17.7 Å². The number of ether oxygens (including phenoxy) is 3. The van der Waals surface area contributed by atoms with E-state index in [1.54, 1.807) is 29.2 Å². The highest BCUT2D eigenvalue weighted by molar-refractivity contribution is 5.96. The molecule has 1 aromatic carbocycles.